The van der Waals surface area contributed by atoms with Gasteiger partial charge in [0.15, 0.2) is 0 Å². The Labute approximate surface area is 109 Å². The first-order valence-corrected chi connectivity index (χ1v) is 6.37. The van der Waals surface area contributed by atoms with Crippen molar-refractivity contribution in [3.05, 3.63) is 32.1 Å². The van der Waals surface area contributed by atoms with Gasteiger partial charge < -0.3 is 19.8 Å². The fourth-order valence-corrected chi connectivity index (χ4v) is 2.66. The van der Waals surface area contributed by atoms with Crippen molar-refractivity contribution in [2.75, 3.05) is 13.1 Å². The zero-order valence-corrected chi connectivity index (χ0v) is 10.7. The molecule has 1 aliphatic heterocycles. The molecule has 1 fully saturated rings. The molecule has 7 heteroatoms. The number of likely N-dealkylation sites (tertiary alicyclic amines) is 1. The van der Waals surface area contributed by atoms with Gasteiger partial charge in [-0.1, -0.05) is 6.92 Å². The number of quaternary nitrogens is 1. The monoisotopic (exact) mass is 267 g/mol. The van der Waals surface area contributed by atoms with E-state index in [1.54, 1.807) is 0 Å². The first kappa shape index (κ1) is 13.5. The minimum absolute atomic E-state index is 0.0868. The Balaban J connectivity index is 2.31. The molecule has 2 heterocycles. The number of aromatic amines is 2. The van der Waals surface area contributed by atoms with E-state index in [0.717, 1.165) is 30.8 Å². The van der Waals surface area contributed by atoms with Crippen LogP contribution in [0.15, 0.2) is 9.59 Å². The number of nitrogens with one attached hydrogen (secondary N) is 3. The molecule has 2 rings (SSSR count). The zero-order chi connectivity index (χ0) is 14.0. The van der Waals surface area contributed by atoms with E-state index < -0.39 is 22.9 Å². The van der Waals surface area contributed by atoms with Crippen molar-refractivity contribution in [2.24, 2.45) is 5.92 Å². The van der Waals surface area contributed by atoms with Crippen LogP contribution in [-0.4, -0.2) is 29.0 Å². The summed E-state index contributed by atoms with van der Waals surface area (Å²) in [5.41, 5.74) is -1.79. The average molecular weight is 267 g/mol. The van der Waals surface area contributed by atoms with Crippen molar-refractivity contribution in [2.45, 2.75) is 26.3 Å². The highest BCUT2D eigenvalue weighted by Crippen LogP contribution is 2.05. The van der Waals surface area contributed by atoms with Crippen molar-refractivity contribution in [3.63, 3.8) is 0 Å². The molecule has 0 saturated carbocycles. The second-order valence-electron chi connectivity index (χ2n) is 5.18. The highest BCUT2D eigenvalue weighted by molar-refractivity contribution is 5.84. The van der Waals surface area contributed by atoms with Crippen molar-refractivity contribution in [1.82, 2.24) is 9.97 Å². The van der Waals surface area contributed by atoms with E-state index in [4.69, 9.17) is 0 Å². The number of carbonyl (C=O) groups excluding carboxylic acids is 1. The fourth-order valence-electron chi connectivity index (χ4n) is 2.66. The molecule has 1 aliphatic rings. The smallest absolute Gasteiger partial charge is 0.326 e. The van der Waals surface area contributed by atoms with E-state index in [9.17, 15) is 19.5 Å². The minimum Gasteiger partial charge on any atom is -0.543 e. The molecule has 0 aromatic carbocycles. The number of hydrogen-bond acceptors (Lipinski definition) is 4. The summed E-state index contributed by atoms with van der Waals surface area (Å²) in [5.74, 6) is -0.973. The summed E-state index contributed by atoms with van der Waals surface area (Å²) in [5, 5.41) is 11.0. The Morgan fingerprint density at radius 2 is 2.16 bits per heavy atom. The van der Waals surface area contributed by atoms with E-state index in [-0.39, 0.29) is 5.56 Å². The van der Waals surface area contributed by atoms with Crippen molar-refractivity contribution >= 4 is 5.97 Å². The van der Waals surface area contributed by atoms with Crippen LogP contribution in [-0.2, 0) is 6.54 Å². The van der Waals surface area contributed by atoms with E-state index >= 15 is 0 Å². The van der Waals surface area contributed by atoms with Gasteiger partial charge in [-0.3, -0.25) is 9.78 Å². The molecule has 3 N–H and O–H groups in total. The summed E-state index contributed by atoms with van der Waals surface area (Å²) in [4.78, 5) is 39.2. The molecule has 7 nitrogen and oxygen atoms in total. The molecule has 0 bridgehead atoms. The molecule has 19 heavy (non-hydrogen) atoms. The van der Waals surface area contributed by atoms with Crippen LogP contribution in [0.4, 0.5) is 0 Å². The molecule has 104 valence electrons. The van der Waals surface area contributed by atoms with Gasteiger partial charge in [0.25, 0.3) is 5.56 Å². The maximum atomic E-state index is 11.7. The summed E-state index contributed by atoms with van der Waals surface area (Å²) < 4.78 is 0. The summed E-state index contributed by atoms with van der Waals surface area (Å²) in [6.07, 6.45) is 2.21. The fraction of sp³-hybridized carbons (Fsp3) is 0.583. The molecule has 0 aliphatic carbocycles. The van der Waals surface area contributed by atoms with E-state index in [1.807, 2.05) is 0 Å². The van der Waals surface area contributed by atoms with Gasteiger partial charge in [0.1, 0.15) is 6.54 Å². The molecular weight excluding hydrogens is 250 g/mol. The Morgan fingerprint density at radius 3 is 2.79 bits per heavy atom. The molecule has 0 amide bonds. The highest BCUT2D eigenvalue weighted by atomic mass is 16.4. The van der Waals surface area contributed by atoms with Crippen LogP contribution in [0.25, 0.3) is 0 Å². The van der Waals surface area contributed by atoms with Gasteiger partial charge in [0, 0.05) is 5.92 Å². The lowest BCUT2D eigenvalue weighted by Crippen LogP contribution is -3.12. The number of carboxylic acids is 1. The third-order valence-electron chi connectivity index (χ3n) is 3.54. The highest BCUT2D eigenvalue weighted by Gasteiger charge is 2.23. The lowest BCUT2D eigenvalue weighted by molar-refractivity contribution is -0.922. The third kappa shape index (κ3) is 3.11. The van der Waals surface area contributed by atoms with E-state index in [0.29, 0.717) is 12.5 Å². The SMILES string of the molecule is C[C@H]1CCC[NH+](Cc2c(C(=O)[O-])[nH]c(=O)[nH]c2=O)C1. The van der Waals surface area contributed by atoms with Gasteiger partial charge in [-0.25, -0.2) is 4.79 Å². The molecule has 1 unspecified atom stereocenters. The van der Waals surface area contributed by atoms with Gasteiger partial charge in [0.2, 0.25) is 0 Å². The van der Waals surface area contributed by atoms with Crippen LogP contribution in [0.5, 0.6) is 0 Å². The maximum absolute atomic E-state index is 11.7. The number of aromatic carboxylic acids is 1. The predicted molar refractivity (Wildman–Crippen MR) is 64.8 cm³/mol. The van der Waals surface area contributed by atoms with Crippen LogP contribution in [0.3, 0.4) is 0 Å². The standard InChI is InChI=1S/C12H17N3O4/c1-7-3-2-4-15(5-7)6-8-9(11(17)18)13-12(19)14-10(8)16/h7H,2-6H2,1H3,(H,17,18)(H2,13,14,16,19)/t7-/m0/s1. The van der Waals surface area contributed by atoms with Gasteiger partial charge in [-0.05, 0) is 12.8 Å². The van der Waals surface area contributed by atoms with Crippen LogP contribution in [0.2, 0.25) is 0 Å². The maximum Gasteiger partial charge on any atom is 0.326 e. The number of aromatic nitrogens is 2. The molecule has 1 saturated heterocycles. The van der Waals surface area contributed by atoms with Crippen LogP contribution in [0, 0.1) is 5.92 Å². The topological polar surface area (TPSA) is 110 Å². The van der Waals surface area contributed by atoms with Crippen LogP contribution >= 0.6 is 0 Å². The number of piperidine rings is 1. The lowest BCUT2D eigenvalue weighted by atomic mass is 10.00. The average Bonchev–Trinajstić information content (AvgIpc) is 2.32. The molecular formula is C12H17N3O4. The molecule has 2 atom stereocenters. The molecule has 1 aromatic rings. The quantitative estimate of drug-likeness (QED) is 0.551. The normalized spacial score (nSPS) is 23.2. The largest absolute Gasteiger partial charge is 0.543 e. The Bertz CT molecular complexity index is 589. The number of rotatable bonds is 3. The second kappa shape index (κ2) is 5.40. The first-order chi connectivity index (χ1) is 8.97. The van der Waals surface area contributed by atoms with Crippen LogP contribution < -0.4 is 21.3 Å². The van der Waals surface area contributed by atoms with Crippen molar-refractivity contribution < 1.29 is 14.8 Å². The summed E-state index contributed by atoms with van der Waals surface area (Å²) in [6, 6.07) is 0. The number of hydrogen-bond donors (Lipinski definition) is 3. The zero-order valence-electron chi connectivity index (χ0n) is 10.7. The van der Waals surface area contributed by atoms with Gasteiger partial charge in [0.05, 0.1) is 30.3 Å². The third-order valence-corrected chi connectivity index (χ3v) is 3.54. The summed E-state index contributed by atoms with van der Waals surface area (Å²) in [7, 11) is 0. The number of H-pyrrole nitrogens is 2. The van der Waals surface area contributed by atoms with E-state index in [2.05, 4.69) is 16.9 Å². The number of carbonyl (C=O) groups is 1. The Hall–Kier alpha value is -1.89. The van der Waals surface area contributed by atoms with Crippen molar-refractivity contribution in [3.8, 4) is 0 Å². The van der Waals surface area contributed by atoms with Gasteiger partial charge >= 0.3 is 5.69 Å². The number of carboxylic acid groups (broad SMARTS) is 1. The predicted octanol–water partition coefficient (Wildman–Crippen LogP) is -2.76. The molecule has 0 radical (unpaired) electrons. The van der Waals surface area contributed by atoms with Crippen molar-refractivity contribution in [1.29, 1.82) is 0 Å². The van der Waals surface area contributed by atoms with Crippen LogP contribution in [0.1, 0.15) is 35.8 Å². The Morgan fingerprint density at radius 1 is 1.42 bits per heavy atom. The molecule has 1 aromatic heterocycles. The van der Waals surface area contributed by atoms with E-state index in [1.165, 1.54) is 0 Å². The van der Waals surface area contributed by atoms with Gasteiger partial charge in [-0.2, -0.15) is 0 Å². The van der Waals surface area contributed by atoms with Gasteiger partial charge in [-0.15, -0.1) is 0 Å². The minimum atomic E-state index is -1.53. The summed E-state index contributed by atoms with van der Waals surface area (Å²) >= 11 is 0. The first-order valence-electron chi connectivity index (χ1n) is 6.37. The molecule has 0 spiro atoms. The summed E-state index contributed by atoms with van der Waals surface area (Å²) in [6.45, 7) is 4.22. The Kier molecular flexibility index (Phi) is 3.84. The lowest BCUT2D eigenvalue weighted by Gasteiger charge is -2.28. The second-order valence-corrected chi connectivity index (χ2v) is 5.18.